The van der Waals surface area contributed by atoms with E-state index >= 15 is 0 Å². The van der Waals surface area contributed by atoms with E-state index in [-0.39, 0.29) is 12.0 Å². The molecule has 0 saturated heterocycles. The maximum Gasteiger partial charge on any atom is 0.414 e. The van der Waals surface area contributed by atoms with Crippen LogP contribution in [0, 0.1) is 5.92 Å². The van der Waals surface area contributed by atoms with E-state index in [1.165, 1.54) is 0 Å². The number of benzene rings is 1. The summed E-state index contributed by atoms with van der Waals surface area (Å²) in [6.45, 7) is 0.392. The van der Waals surface area contributed by atoms with Gasteiger partial charge < -0.3 is 9.15 Å². The van der Waals surface area contributed by atoms with Crippen LogP contribution in [0.1, 0.15) is 6.42 Å². The lowest BCUT2D eigenvalue weighted by Gasteiger charge is -1.99. The molecule has 0 bridgehead atoms. The van der Waals surface area contributed by atoms with Crippen molar-refractivity contribution in [2.24, 2.45) is 5.92 Å². The van der Waals surface area contributed by atoms with E-state index in [4.69, 9.17) is 32.4 Å². The molecule has 18 heavy (non-hydrogen) atoms. The summed E-state index contributed by atoms with van der Waals surface area (Å²) in [4.78, 5) is 0. The lowest BCUT2D eigenvalue weighted by Crippen LogP contribution is -2.04. The minimum atomic E-state index is -0.651. The highest BCUT2D eigenvalue weighted by molar-refractivity contribution is 6.50. The number of ether oxygens (including phenoxy) is 1. The summed E-state index contributed by atoms with van der Waals surface area (Å²) in [6, 6.07) is 9.51. The molecular formula is C12H10Cl2N2O2. The van der Waals surface area contributed by atoms with Crippen LogP contribution < -0.4 is 4.74 Å². The van der Waals surface area contributed by atoms with Gasteiger partial charge in [0.25, 0.3) is 5.89 Å². The number of hydrogen-bond acceptors (Lipinski definition) is 4. The predicted molar refractivity (Wildman–Crippen MR) is 67.8 cm³/mol. The van der Waals surface area contributed by atoms with Crippen LogP contribution in [-0.4, -0.2) is 21.1 Å². The topological polar surface area (TPSA) is 48.2 Å². The van der Waals surface area contributed by atoms with Crippen LogP contribution in [0.5, 0.6) is 6.08 Å². The summed E-state index contributed by atoms with van der Waals surface area (Å²) in [5, 5.41) is 7.73. The number of nitrogens with zero attached hydrogens (tertiary/aromatic N) is 2. The lowest BCUT2D eigenvalue weighted by atomic mass is 10.2. The molecule has 0 aliphatic heterocycles. The first-order valence-corrected chi connectivity index (χ1v) is 6.30. The zero-order chi connectivity index (χ0) is 12.6. The normalized spacial score (nSPS) is 20.7. The summed E-state index contributed by atoms with van der Waals surface area (Å²) in [5.41, 5.74) is 0.857. The molecule has 6 heteroatoms. The first-order chi connectivity index (χ1) is 8.65. The Morgan fingerprint density at radius 2 is 2.00 bits per heavy atom. The quantitative estimate of drug-likeness (QED) is 0.809. The molecule has 1 aromatic carbocycles. The van der Waals surface area contributed by atoms with Gasteiger partial charge in [-0.15, -0.1) is 28.3 Å². The lowest BCUT2D eigenvalue weighted by molar-refractivity contribution is 0.220. The second-order valence-corrected chi connectivity index (χ2v) is 5.75. The maximum absolute atomic E-state index is 5.89. The van der Waals surface area contributed by atoms with E-state index in [0.29, 0.717) is 12.5 Å². The Labute approximate surface area is 114 Å². The maximum atomic E-state index is 5.89. The van der Waals surface area contributed by atoms with Gasteiger partial charge in [-0.3, -0.25) is 0 Å². The van der Waals surface area contributed by atoms with Crippen molar-refractivity contribution in [1.29, 1.82) is 0 Å². The van der Waals surface area contributed by atoms with E-state index in [1.54, 1.807) is 0 Å². The smallest absolute Gasteiger partial charge is 0.414 e. The van der Waals surface area contributed by atoms with E-state index < -0.39 is 4.33 Å². The summed E-state index contributed by atoms with van der Waals surface area (Å²) in [7, 11) is 0. The zero-order valence-corrected chi connectivity index (χ0v) is 10.9. The molecule has 1 aliphatic rings. The number of rotatable bonds is 4. The average Bonchev–Trinajstić information content (AvgIpc) is 2.79. The SMILES string of the molecule is ClC1(Cl)C[C@@H]1COc1nnc(-c2ccccc2)o1. The molecule has 94 valence electrons. The Balaban J connectivity index is 1.64. The van der Waals surface area contributed by atoms with Gasteiger partial charge in [0.05, 0.1) is 6.61 Å². The summed E-state index contributed by atoms with van der Waals surface area (Å²) in [6.07, 6.45) is 0.875. The predicted octanol–water partition coefficient (Wildman–Crippen LogP) is 3.31. The molecule has 1 atom stereocenters. The third-order valence-corrected chi connectivity index (χ3v) is 3.72. The molecule has 0 unspecified atom stereocenters. The number of halogens is 2. The fourth-order valence-electron chi connectivity index (χ4n) is 1.59. The number of alkyl halides is 2. The van der Waals surface area contributed by atoms with E-state index in [2.05, 4.69) is 10.2 Å². The Bertz CT molecular complexity index is 542. The molecular weight excluding hydrogens is 275 g/mol. The Morgan fingerprint density at radius 1 is 1.28 bits per heavy atom. The second kappa shape index (κ2) is 4.44. The molecule has 0 N–H and O–H groups in total. The summed E-state index contributed by atoms with van der Waals surface area (Å²) >= 11 is 11.8. The van der Waals surface area contributed by atoms with E-state index in [9.17, 15) is 0 Å². The third-order valence-electron chi connectivity index (χ3n) is 2.79. The number of aromatic nitrogens is 2. The van der Waals surface area contributed by atoms with Crippen molar-refractivity contribution in [3.05, 3.63) is 30.3 Å². The van der Waals surface area contributed by atoms with Gasteiger partial charge in [0.15, 0.2) is 0 Å². The van der Waals surface area contributed by atoms with Gasteiger partial charge in [0.1, 0.15) is 4.33 Å². The fourth-order valence-corrected chi connectivity index (χ4v) is 2.09. The number of hydrogen-bond donors (Lipinski definition) is 0. The van der Waals surface area contributed by atoms with Crippen LogP contribution in [0.25, 0.3) is 11.5 Å². The zero-order valence-electron chi connectivity index (χ0n) is 9.35. The molecule has 0 amide bonds. The van der Waals surface area contributed by atoms with Gasteiger partial charge in [-0.1, -0.05) is 23.3 Å². The minimum absolute atomic E-state index is 0.132. The Hall–Kier alpha value is -1.26. The third kappa shape index (κ3) is 2.44. The standard InChI is InChI=1S/C12H10Cl2N2O2/c13-12(14)6-9(12)7-17-11-16-15-10(18-11)8-4-2-1-3-5-8/h1-5,9H,6-7H2/t9-/m1/s1. The molecule has 1 aliphatic carbocycles. The second-order valence-electron chi connectivity index (χ2n) is 4.21. The van der Waals surface area contributed by atoms with Crippen molar-refractivity contribution < 1.29 is 9.15 Å². The molecule has 1 heterocycles. The van der Waals surface area contributed by atoms with Crippen LogP contribution in [0.15, 0.2) is 34.7 Å². The largest absolute Gasteiger partial charge is 0.449 e. The fraction of sp³-hybridized carbons (Fsp3) is 0.333. The van der Waals surface area contributed by atoms with Crippen LogP contribution >= 0.6 is 23.2 Å². The molecule has 1 fully saturated rings. The highest BCUT2D eigenvalue weighted by Gasteiger charge is 2.52. The van der Waals surface area contributed by atoms with Crippen molar-refractivity contribution in [1.82, 2.24) is 10.2 Å². The van der Waals surface area contributed by atoms with Gasteiger partial charge in [0, 0.05) is 11.5 Å². The van der Waals surface area contributed by atoms with Gasteiger partial charge >= 0.3 is 6.08 Å². The van der Waals surface area contributed by atoms with Crippen LogP contribution in [0.2, 0.25) is 0 Å². The van der Waals surface area contributed by atoms with Crippen molar-refractivity contribution >= 4 is 23.2 Å². The first-order valence-electron chi connectivity index (χ1n) is 5.55. The molecule has 4 nitrogen and oxygen atoms in total. The van der Waals surface area contributed by atoms with Gasteiger partial charge in [0.2, 0.25) is 0 Å². The van der Waals surface area contributed by atoms with Crippen LogP contribution in [0.3, 0.4) is 0 Å². The molecule has 1 aromatic heterocycles. The van der Waals surface area contributed by atoms with E-state index in [1.807, 2.05) is 30.3 Å². The van der Waals surface area contributed by atoms with Gasteiger partial charge in [-0.05, 0) is 18.6 Å². The van der Waals surface area contributed by atoms with Crippen molar-refractivity contribution in [3.63, 3.8) is 0 Å². The molecule has 2 aromatic rings. The Kier molecular flexibility index (Phi) is 2.92. The van der Waals surface area contributed by atoms with Crippen molar-refractivity contribution in [3.8, 4) is 17.5 Å². The van der Waals surface area contributed by atoms with Crippen LogP contribution in [-0.2, 0) is 0 Å². The minimum Gasteiger partial charge on any atom is -0.449 e. The highest BCUT2D eigenvalue weighted by Crippen LogP contribution is 2.53. The molecule has 1 saturated carbocycles. The van der Waals surface area contributed by atoms with Crippen molar-refractivity contribution in [2.75, 3.05) is 6.61 Å². The monoisotopic (exact) mass is 284 g/mol. The summed E-state index contributed by atoms with van der Waals surface area (Å²) < 4.78 is 10.1. The molecule has 0 radical (unpaired) electrons. The molecule has 3 rings (SSSR count). The highest BCUT2D eigenvalue weighted by atomic mass is 35.5. The average molecular weight is 285 g/mol. The van der Waals surface area contributed by atoms with Gasteiger partial charge in [-0.25, -0.2) is 0 Å². The van der Waals surface area contributed by atoms with Gasteiger partial charge in [-0.2, -0.15) is 0 Å². The van der Waals surface area contributed by atoms with E-state index in [0.717, 1.165) is 12.0 Å². The summed E-state index contributed by atoms with van der Waals surface area (Å²) in [5.74, 6) is 0.567. The Morgan fingerprint density at radius 3 is 2.67 bits per heavy atom. The first kappa shape index (κ1) is 11.8. The van der Waals surface area contributed by atoms with Crippen molar-refractivity contribution in [2.45, 2.75) is 10.8 Å². The molecule has 0 spiro atoms. The van der Waals surface area contributed by atoms with Crippen LogP contribution in [0.4, 0.5) is 0 Å².